The average Bonchev–Trinajstić information content (AvgIpc) is 2.71. The number of aromatic nitrogens is 1. The van der Waals surface area contributed by atoms with Crippen molar-refractivity contribution in [1.82, 2.24) is 15.4 Å². The summed E-state index contributed by atoms with van der Waals surface area (Å²) in [6.45, 7) is 1.54. The summed E-state index contributed by atoms with van der Waals surface area (Å²) in [7, 11) is 2.04. The molecule has 3 rings (SSSR count). The van der Waals surface area contributed by atoms with Crippen molar-refractivity contribution in [3.63, 3.8) is 0 Å². The summed E-state index contributed by atoms with van der Waals surface area (Å²) in [5, 5.41) is 8.84. The number of amides is 1. The molecule has 2 N–H and O–H groups in total. The van der Waals surface area contributed by atoms with Crippen molar-refractivity contribution in [3.8, 4) is 0 Å². The van der Waals surface area contributed by atoms with Gasteiger partial charge in [0.25, 0.3) is 5.91 Å². The van der Waals surface area contributed by atoms with Crippen LogP contribution in [0.1, 0.15) is 40.0 Å². The summed E-state index contributed by atoms with van der Waals surface area (Å²) < 4.78 is 0. The second-order valence-electron chi connectivity index (χ2n) is 7.39. The van der Waals surface area contributed by atoms with Crippen molar-refractivity contribution in [2.75, 3.05) is 13.6 Å². The zero-order valence-electron chi connectivity index (χ0n) is 15.5. The normalized spacial score (nSPS) is 18.8. The SMILES string of the molecule is CN(CC[C@]1(C=O)CCc2ccc(C(=O)NO)cc2C1)Cc1ccccn1. The van der Waals surface area contributed by atoms with Gasteiger partial charge < -0.3 is 9.69 Å². The highest BCUT2D eigenvalue weighted by molar-refractivity contribution is 5.93. The Morgan fingerprint density at radius 2 is 2.19 bits per heavy atom. The molecule has 0 radical (unpaired) electrons. The number of carbonyl (C=O) groups excluding carboxylic acids is 2. The lowest BCUT2D eigenvalue weighted by molar-refractivity contribution is -0.117. The number of pyridine rings is 1. The van der Waals surface area contributed by atoms with Crippen LogP contribution >= 0.6 is 0 Å². The van der Waals surface area contributed by atoms with Gasteiger partial charge in [-0.15, -0.1) is 0 Å². The van der Waals surface area contributed by atoms with Crippen LogP contribution < -0.4 is 5.48 Å². The predicted octanol–water partition coefficient (Wildman–Crippen LogP) is 2.40. The standard InChI is InChI=1S/C21H25N3O3/c1-24(14-19-4-2-3-10-22-19)11-9-21(15-25)8-7-16-5-6-17(20(26)23-27)12-18(16)13-21/h2-6,10,12,15,27H,7-9,11,13-14H2,1H3,(H,23,26)/t21-/m1/s1. The van der Waals surface area contributed by atoms with Crippen LogP contribution in [0.4, 0.5) is 0 Å². The lowest BCUT2D eigenvalue weighted by atomic mass is 9.70. The van der Waals surface area contributed by atoms with Gasteiger partial charge in [-0.1, -0.05) is 12.1 Å². The molecular weight excluding hydrogens is 342 g/mol. The maximum atomic E-state index is 12.0. The van der Waals surface area contributed by atoms with E-state index in [1.807, 2.05) is 31.3 Å². The molecule has 0 aliphatic heterocycles. The van der Waals surface area contributed by atoms with Gasteiger partial charge in [0.1, 0.15) is 6.29 Å². The number of hydroxylamine groups is 1. The number of nitrogens with zero attached hydrogens (tertiary/aromatic N) is 2. The van der Waals surface area contributed by atoms with E-state index in [9.17, 15) is 9.59 Å². The second kappa shape index (κ2) is 8.41. The molecule has 1 atom stereocenters. The molecule has 0 fully saturated rings. The van der Waals surface area contributed by atoms with Crippen LogP contribution in [-0.2, 0) is 24.2 Å². The van der Waals surface area contributed by atoms with E-state index < -0.39 is 11.3 Å². The largest absolute Gasteiger partial charge is 0.303 e. The fraction of sp³-hybridized carbons (Fsp3) is 0.381. The summed E-state index contributed by atoms with van der Waals surface area (Å²) in [4.78, 5) is 30.2. The third-order valence-electron chi connectivity index (χ3n) is 5.40. The molecule has 0 unspecified atom stereocenters. The van der Waals surface area contributed by atoms with Crippen LogP contribution in [0.2, 0.25) is 0 Å². The van der Waals surface area contributed by atoms with Crippen LogP contribution in [0.5, 0.6) is 0 Å². The lowest BCUT2D eigenvalue weighted by Crippen LogP contribution is -2.35. The summed E-state index contributed by atoms with van der Waals surface area (Å²) in [5.74, 6) is -0.532. The Morgan fingerprint density at radius 3 is 2.89 bits per heavy atom. The van der Waals surface area contributed by atoms with Gasteiger partial charge in [-0.25, -0.2) is 5.48 Å². The van der Waals surface area contributed by atoms with Gasteiger partial charge in [0.2, 0.25) is 0 Å². The van der Waals surface area contributed by atoms with E-state index in [2.05, 4.69) is 9.88 Å². The molecule has 0 bridgehead atoms. The Morgan fingerprint density at radius 1 is 1.33 bits per heavy atom. The van der Waals surface area contributed by atoms with Crippen LogP contribution in [-0.4, -0.2) is 40.9 Å². The number of aryl methyl sites for hydroxylation is 1. The minimum atomic E-state index is -0.532. The average molecular weight is 367 g/mol. The van der Waals surface area contributed by atoms with E-state index in [-0.39, 0.29) is 0 Å². The minimum Gasteiger partial charge on any atom is -0.303 e. The molecule has 1 aliphatic carbocycles. The summed E-state index contributed by atoms with van der Waals surface area (Å²) >= 11 is 0. The molecule has 1 amide bonds. The maximum Gasteiger partial charge on any atom is 0.274 e. The number of aldehydes is 1. The van der Waals surface area contributed by atoms with Crippen molar-refractivity contribution in [1.29, 1.82) is 0 Å². The first-order valence-corrected chi connectivity index (χ1v) is 9.16. The molecule has 142 valence electrons. The van der Waals surface area contributed by atoms with Gasteiger partial charge in [0.05, 0.1) is 5.69 Å². The molecule has 1 aromatic carbocycles. The summed E-state index contributed by atoms with van der Waals surface area (Å²) in [5.41, 5.74) is 4.85. The first-order valence-electron chi connectivity index (χ1n) is 9.16. The van der Waals surface area contributed by atoms with E-state index >= 15 is 0 Å². The Hall–Kier alpha value is -2.57. The fourth-order valence-corrected chi connectivity index (χ4v) is 3.73. The number of benzene rings is 1. The number of carbonyl (C=O) groups is 2. The number of fused-ring (bicyclic) bond motifs is 1. The summed E-state index contributed by atoms with van der Waals surface area (Å²) in [6.07, 6.45) is 5.88. The first-order chi connectivity index (χ1) is 13.0. The van der Waals surface area contributed by atoms with Gasteiger partial charge in [0.15, 0.2) is 0 Å². The lowest BCUT2D eigenvalue weighted by Gasteiger charge is -2.35. The molecule has 0 spiro atoms. The molecule has 1 aliphatic rings. The van der Waals surface area contributed by atoms with Crippen LogP contribution in [0.25, 0.3) is 0 Å². The molecule has 0 saturated carbocycles. The highest BCUT2D eigenvalue weighted by Crippen LogP contribution is 2.37. The van der Waals surface area contributed by atoms with Crippen LogP contribution in [0.15, 0.2) is 42.6 Å². The van der Waals surface area contributed by atoms with Gasteiger partial charge in [-0.3, -0.25) is 15.0 Å². The smallest absolute Gasteiger partial charge is 0.274 e. The highest BCUT2D eigenvalue weighted by Gasteiger charge is 2.34. The van der Waals surface area contributed by atoms with Crippen LogP contribution in [0, 0.1) is 5.41 Å². The molecule has 2 aromatic rings. The molecular formula is C21H25N3O3. The predicted molar refractivity (Wildman–Crippen MR) is 101 cm³/mol. The van der Waals surface area contributed by atoms with Crippen molar-refractivity contribution in [3.05, 3.63) is 65.0 Å². The number of hydrogen-bond donors (Lipinski definition) is 2. The zero-order chi connectivity index (χ0) is 19.3. The second-order valence-corrected chi connectivity index (χ2v) is 7.39. The van der Waals surface area contributed by atoms with Crippen LogP contribution in [0.3, 0.4) is 0 Å². The molecule has 27 heavy (non-hydrogen) atoms. The Kier molecular flexibility index (Phi) is 5.98. The fourth-order valence-electron chi connectivity index (χ4n) is 3.73. The third-order valence-corrected chi connectivity index (χ3v) is 5.40. The number of nitrogens with one attached hydrogen (secondary N) is 1. The van der Waals surface area contributed by atoms with Gasteiger partial charge in [-0.05, 0) is 74.7 Å². The van der Waals surface area contributed by atoms with Gasteiger partial charge >= 0.3 is 0 Å². The first kappa shape index (κ1) is 19.2. The third kappa shape index (κ3) is 4.59. The minimum absolute atomic E-state index is 0.408. The van der Waals surface area contributed by atoms with Crippen molar-refractivity contribution >= 4 is 12.2 Å². The Labute approximate surface area is 159 Å². The monoisotopic (exact) mass is 367 g/mol. The Bertz CT molecular complexity index is 810. The zero-order valence-corrected chi connectivity index (χ0v) is 15.5. The number of rotatable bonds is 7. The van der Waals surface area contributed by atoms with Crippen molar-refractivity contribution in [2.24, 2.45) is 5.41 Å². The Balaban J connectivity index is 1.67. The quantitative estimate of drug-likeness (QED) is 0.446. The van der Waals surface area contributed by atoms with E-state index in [4.69, 9.17) is 5.21 Å². The molecule has 0 saturated heterocycles. The van der Waals surface area contributed by atoms with Gasteiger partial charge in [0, 0.05) is 23.7 Å². The number of hydrogen-bond acceptors (Lipinski definition) is 5. The van der Waals surface area contributed by atoms with Gasteiger partial charge in [-0.2, -0.15) is 0 Å². The maximum absolute atomic E-state index is 12.0. The van der Waals surface area contributed by atoms with E-state index in [1.54, 1.807) is 23.8 Å². The molecule has 1 aromatic heterocycles. The topological polar surface area (TPSA) is 82.5 Å². The van der Waals surface area contributed by atoms with E-state index in [1.165, 1.54) is 5.56 Å². The van der Waals surface area contributed by atoms with E-state index in [0.29, 0.717) is 12.0 Å². The van der Waals surface area contributed by atoms with E-state index in [0.717, 1.165) is 49.9 Å². The highest BCUT2D eigenvalue weighted by atomic mass is 16.5. The van der Waals surface area contributed by atoms with Crippen molar-refractivity contribution < 1.29 is 14.8 Å². The summed E-state index contributed by atoms with van der Waals surface area (Å²) in [6, 6.07) is 11.3. The molecule has 1 heterocycles. The molecule has 6 heteroatoms. The molecule has 6 nitrogen and oxygen atoms in total. The van der Waals surface area contributed by atoms with Crippen molar-refractivity contribution in [2.45, 2.75) is 32.2 Å².